The highest BCUT2D eigenvalue weighted by molar-refractivity contribution is 5.71. The van der Waals surface area contributed by atoms with Gasteiger partial charge in [0.05, 0.1) is 0 Å². The number of allylic oxidation sites excluding steroid dienone is 22. The highest BCUT2D eigenvalue weighted by atomic mass is 16.6. The quantitative estimate of drug-likeness (QED) is 0.0261. The predicted octanol–water partition coefficient (Wildman–Crippen LogP) is 21.0. The average molecular weight is 1040 g/mol. The summed E-state index contributed by atoms with van der Waals surface area (Å²) < 4.78 is 16.7. The molecule has 1 atom stereocenters. The van der Waals surface area contributed by atoms with Crippen LogP contribution < -0.4 is 0 Å². The number of ether oxygens (including phenoxy) is 3. The van der Waals surface area contributed by atoms with E-state index in [0.29, 0.717) is 12.8 Å². The second-order valence-electron chi connectivity index (χ2n) is 19.9. The maximum atomic E-state index is 12.8. The summed E-state index contributed by atoms with van der Waals surface area (Å²) >= 11 is 0. The highest BCUT2D eigenvalue weighted by Crippen LogP contribution is 2.15. The lowest BCUT2D eigenvalue weighted by atomic mass is 10.0. The van der Waals surface area contributed by atoms with Crippen LogP contribution >= 0.6 is 0 Å². The van der Waals surface area contributed by atoms with E-state index in [9.17, 15) is 14.4 Å². The van der Waals surface area contributed by atoms with Gasteiger partial charge >= 0.3 is 17.9 Å². The van der Waals surface area contributed by atoms with Crippen molar-refractivity contribution in [2.24, 2.45) is 0 Å². The van der Waals surface area contributed by atoms with Gasteiger partial charge in [0.15, 0.2) is 6.10 Å². The third kappa shape index (κ3) is 60.3. The second-order valence-corrected chi connectivity index (χ2v) is 19.9. The van der Waals surface area contributed by atoms with Crippen molar-refractivity contribution in [3.8, 4) is 0 Å². The van der Waals surface area contributed by atoms with E-state index < -0.39 is 6.10 Å². The summed E-state index contributed by atoms with van der Waals surface area (Å²) in [5.41, 5.74) is 0. The molecule has 0 aromatic rings. The molecule has 0 fully saturated rings. The van der Waals surface area contributed by atoms with Gasteiger partial charge < -0.3 is 14.2 Å². The van der Waals surface area contributed by atoms with Gasteiger partial charge in [0, 0.05) is 19.3 Å². The number of esters is 3. The minimum absolute atomic E-state index is 0.0946. The molecule has 0 amide bonds. The first-order valence-corrected chi connectivity index (χ1v) is 30.7. The molecule has 424 valence electrons. The largest absolute Gasteiger partial charge is 0.462 e. The van der Waals surface area contributed by atoms with Gasteiger partial charge in [0.2, 0.25) is 0 Å². The summed E-state index contributed by atoms with van der Waals surface area (Å²) in [5, 5.41) is 0. The number of hydrogen-bond acceptors (Lipinski definition) is 6. The van der Waals surface area contributed by atoms with Crippen LogP contribution in [0.2, 0.25) is 0 Å². The number of hydrogen-bond donors (Lipinski definition) is 0. The predicted molar refractivity (Wildman–Crippen MR) is 325 cm³/mol. The van der Waals surface area contributed by atoms with Crippen LogP contribution in [0.25, 0.3) is 0 Å². The fourth-order valence-electron chi connectivity index (χ4n) is 8.12. The third-order valence-electron chi connectivity index (χ3n) is 12.7. The molecule has 0 saturated carbocycles. The number of unbranched alkanes of at least 4 members (excludes halogenated alkanes) is 21. The van der Waals surface area contributed by atoms with Gasteiger partial charge in [-0.25, -0.2) is 0 Å². The van der Waals surface area contributed by atoms with Crippen molar-refractivity contribution in [3.05, 3.63) is 134 Å². The molecule has 0 spiro atoms. The summed E-state index contributed by atoms with van der Waals surface area (Å²) in [7, 11) is 0. The van der Waals surface area contributed by atoms with Crippen molar-refractivity contribution in [2.45, 2.75) is 271 Å². The van der Waals surface area contributed by atoms with Crippen LogP contribution in [-0.4, -0.2) is 37.2 Å². The lowest BCUT2D eigenvalue weighted by Crippen LogP contribution is -2.30. The smallest absolute Gasteiger partial charge is 0.306 e. The summed E-state index contributed by atoms with van der Waals surface area (Å²) in [4.78, 5) is 37.9. The molecule has 0 aromatic heterocycles. The topological polar surface area (TPSA) is 78.9 Å². The van der Waals surface area contributed by atoms with E-state index >= 15 is 0 Å². The van der Waals surface area contributed by atoms with E-state index in [-0.39, 0.29) is 37.5 Å². The zero-order chi connectivity index (χ0) is 54.3. The molecule has 0 aliphatic carbocycles. The molecule has 0 saturated heterocycles. The molecular formula is C69H112O6. The molecule has 0 aliphatic heterocycles. The maximum Gasteiger partial charge on any atom is 0.306 e. The van der Waals surface area contributed by atoms with E-state index in [2.05, 4.69) is 154 Å². The minimum Gasteiger partial charge on any atom is -0.462 e. The van der Waals surface area contributed by atoms with Gasteiger partial charge in [0.1, 0.15) is 13.2 Å². The van der Waals surface area contributed by atoms with Gasteiger partial charge in [-0.05, 0) is 116 Å². The number of carbonyl (C=O) groups excluding carboxylic acids is 3. The molecule has 1 unspecified atom stereocenters. The molecule has 0 radical (unpaired) electrons. The van der Waals surface area contributed by atoms with Crippen molar-refractivity contribution in [1.82, 2.24) is 0 Å². The molecule has 75 heavy (non-hydrogen) atoms. The molecular weight excluding hydrogens is 925 g/mol. The maximum absolute atomic E-state index is 12.8. The average Bonchev–Trinajstić information content (AvgIpc) is 3.41. The monoisotopic (exact) mass is 1040 g/mol. The Labute approximate surface area is 462 Å². The fraction of sp³-hybridized carbons (Fsp3) is 0.638. The Morgan fingerprint density at radius 3 is 0.827 bits per heavy atom. The van der Waals surface area contributed by atoms with E-state index in [0.717, 1.165) is 148 Å². The molecule has 0 N–H and O–H groups in total. The molecule has 0 bridgehead atoms. The van der Waals surface area contributed by atoms with Crippen molar-refractivity contribution in [3.63, 3.8) is 0 Å². The normalized spacial score (nSPS) is 13.1. The Morgan fingerprint density at radius 1 is 0.280 bits per heavy atom. The van der Waals surface area contributed by atoms with Crippen molar-refractivity contribution >= 4 is 17.9 Å². The zero-order valence-electron chi connectivity index (χ0n) is 48.5. The standard InChI is InChI=1S/C69H112O6/c1-4-7-10-13-15-17-19-21-23-25-27-29-31-33-34-36-37-39-41-43-45-47-49-51-53-56-59-62-68(71)74-65-66(64-73-67(70)61-58-55-12-9-6-3)75-69(72)63-60-57-54-52-50-48-46-44-42-40-38-35-32-30-28-26-24-22-20-18-16-14-11-8-5-2/h7-8,10-11,15-18,21-24,27-30,35,38,42,44,48,50,66H,4-6,9,12-14,19-20,25-26,31-34,36-37,39-41,43,45-47,49,51-65H2,1-3H3/b10-7-,11-8-,17-15-,18-16-,23-21-,24-22-,29-27-,30-28-,38-35-,44-42-,50-48-. The lowest BCUT2D eigenvalue weighted by Gasteiger charge is -2.18. The van der Waals surface area contributed by atoms with Gasteiger partial charge in [-0.1, -0.05) is 264 Å². The van der Waals surface area contributed by atoms with Gasteiger partial charge in [-0.15, -0.1) is 0 Å². The van der Waals surface area contributed by atoms with Crippen LogP contribution in [0.1, 0.15) is 265 Å². The van der Waals surface area contributed by atoms with E-state index in [1.165, 1.54) is 77.0 Å². The first-order valence-electron chi connectivity index (χ1n) is 30.7. The van der Waals surface area contributed by atoms with Crippen LogP contribution in [0, 0.1) is 0 Å². The number of rotatable bonds is 54. The SMILES string of the molecule is CC/C=C\C/C=C\C/C=C\C/C=C\C/C=C\C/C=C\C/C=C\CCCCCC(=O)OC(COC(=O)CCCCCCC)COC(=O)CCCCCCCCCCCCCCCC/C=C\C/C=C\C/C=C\C/C=C\CC. The van der Waals surface area contributed by atoms with Crippen molar-refractivity contribution in [2.75, 3.05) is 13.2 Å². The third-order valence-corrected chi connectivity index (χ3v) is 12.7. The molecule has 0 heterocycles. The zero-order valence-corrected chi connectivity index (χ0v) is 48.5. The van der Waals surface area contributed by atoms with Crippen LogP contribution in [-0.2, 0) is 28.6 Å². The van der Waals surface area contributed by atoms with E-state index in [1.54, 1.807) is 0 Å². The molecule has 0 rings (SSSR count). The Morgan fingerprint density at radius 2 is 0.520 bits per heavy atom. The van der Waals surface area contributed by atoms with Crippen molar-refractivity contribution < 1.29 is 28.6 Å². The molecule has 6 heteroatoms. The van der Waals surface area contributed by atoms with Crippen LogP contribution in [0.5, 0.6) is 0 Å². The van der Waals surface area contributed by atoms with Gasteiger partial charge in [-0.3, -0.25) is 14.4 Å². The summed E-state index contributed by atoms with van der Waals surface area (Å²) in [6.07, 6.45) is 87.9. The Hall–Kier alpha value is -4.45. The van der Waals surface area contributed by atoms with E-state index in [4.69, 9.17) is 14.2 Å². The van der Waals surface area contributed by atoms with Crippen molar-refractivity contribution in [1.29, 1.82) is 0 Å². The second kappa shape index (κ2) is 62.1. The first-order chi connectivity index (χ1) is 37.0. The Kier molecular flexibility index (Phi) is 58.4. The Bertz CT molecular complexity index is 1620. The minimum atomic E-state index is -0.797. The molecule has 0 aliphatic rings. The molecule has 6 nitrogen and oxygen atoms in total. The van der Waals surface area contributed by atoms with Crippen LogP contribution in [0.4, 0.5) is 0 Å². The fourth-order valence-corrected chi connectivity index (χ4v) is 8.12. The lowest BCUT2D eigenvalue weighted by molar-refractivity contribution is -0.167. The first kappa shape index (κ1) is 70.5. The molecule has 0 aromatic carbocycles. The summed E-state index contributed by atoms with van der Waals surface area (Å²) in [5.74, 6) is -0.944. The van der Waals surface area contributed by atoms with E-state index in [1.807, 2.05) is 0 Å². The van der Waals surface area contributed by atoms with Crippen LogP contribution in [0.15, 0.2) is 134 Å². The Balaban J connectivity index is 4.14. The number of carbonyl (C=O) groups is 3. The van der Waals surface area contributed by atoms with Crippen LogP contribution in [0.3, 0.4) is 0 Å². The van der Waals surface area contributed by atoms with Gasteiger partial charge in [0.25, 0.3) is 0 Å². The highest BCUT2D eigenvalue weighted by Gasteiger charge is 2.19. The van der Waals surface area contributed by atoms with Gasteiger partial charge in [-0.2, -0.15) is 0 Å². The summed E-state index contributed by atoms with van der Waals surface area (Å²) in [6, 6.07) is 0. The summed E-state index contributed by atoms with van der Waals surface area (Å²) in [6.45, 7) is 6.30.